The molecule has 1 aromatic carbocycles. The number of methoxy groups -OCH3 is 1. The zero-order chi connectivity index (χ0) is 17.5. The summed E-state index contributed by atoms with van der Waals surface area (Å²) in [6.45, 7) is 4.88. The van der Waals surface area contributed by atoms with E-state index in [1.165, 1.54) is 0 Å². The van der Waals surface area contributed by atoms with Crippen LogP contribution < -0.4 is 10.1 Å². The molecule has 0 saturated carbocycles. The number of unbranched alkanes of at least 4 members (excludes halogenated alkanes) is 1. The molecule has 0 atom stereocenters. The van der Waals surface area contributed by atoms with Gasteiger partial charge >= 0.3 is 0 Å². The van der Waals surface area contributed by atoms with Crippen molar-refractivity contribution in [1.29, 1.82) is 0 Å². The number of benzene rings is 1. The van der Waals surface area contributed by atoms with Crippen molar-refractivity contribution in [2.24, 2.45) is 0 Å². The van der Waals surface area contributed by atoms with E-state index >= 15 is 0 Å². The lowest BCUT2D eigenvalue weighted by Crippen LogP contribution is -2.27. The number of ether oxygens (including phenoxy) is 1. The number of amides is 1. The molecule has 0 unspecified atom stereocenters. The Morgan fingerprint density at radius 2 is 2.08 bits per heavy atom. The largest absolute Gasteiger partial charge is 0.495 e. The molecule has 1 heterocycles. The highest BCUT2D eigenvalue weighted by atomic mass is 16.5. The Morgan fingerprint density at radius 3 is 2.79 bits per heavy atom. The van der Waals surface area contributed by atoms with Crippen LogP contribution in [0.4, 0.5) is 11.5 Å². The summed E-state index contributed by atoms with van der Waals surface area (Å²) < 4.78 is 5.37. The van der Waals surface area contributed by atoms with Crippen molar-refractivity contribution < 1.29 is 9.53 Å². The van der Waals surface area contributed by atoms with E-state index in [2.05, 4.69) is 17.2 Å². The first-order chi connectivity index (χ1) is 11.5. The average Bonchev–Trinajstić information content (AvgIpc) is 2.59. The number of rotatable bonds is 7. The molecule has 5 nitrogen and oxygen atoms in total. The lowest BCUT2D eigenvalue weighted by atomic mass is 10.2. The number of carbonyl (C=O) groups is 1. The topological polar surface area (TPSA) is 54.5 Å². The predicted octanol–water partition coefficient (Wildman–Crippen LogP) is 4.01. The molecule has 1 N–H and O–H groups in total. The first-order valence-electron chi connectivity index (χ1n) is 8.18. The minimum Gasteiger partial charge on any atom is -0.495 e. The van der Waals surface area contributed by atoms with Crippen molar-refractivity contribution in [2.45, 2.75) is 26.7 Å². The van der Waals surface area contributed by atoms with E-state index in [1.807, 2.05) is 32.2 Å². The van der Waals surface area contributed by atoms with Crippen molar-refractivity contribution in [1.82, 2.24) is 9.88 Å². The Hall–Kier alpha value is -2.56. The number of pyridine rings is 1. The van der Waals surface area contributed by atoms with Gasteiger partial charge in [0.15, 0.2) is 0 Å². The monoisotopic (exact) mass is 327 g/mol. The van der Waals surface area contributed by atoms with Crippen molar-refractivity contribution in [3.8, 4) is 5.75 Å². The zero-order valence-corrected chi connectivity index (χ0v) is 14.8. The van der Waals surface area contributed by atoms with Gasteiger partial charge in [0, 0.05) is 25.4 Å². The zero-order valence-electron chi connectivity index (χ0n) is 14.8. The number of hydrogen-bond acceptors (Lipinski definition) is 4. The second-order valence-electron chi connectivity index (χ2n) is 5.84. The summed E-state index contributed by atoms with van der Waals surface area (Å²) in [6, 6.07) is 9.39. The quantitative estimate of drug-likeness (QED) is 0.834. The van der Waals surface area contributed by atoms with Gasteiger partial charge in [-0.05, 0) is 43.2 Å². The number of anilines is 2. The molecule has 0 aliphatic rings. The lowest BCUT2D eigenvalue weighted by Gasteiger charge is -2.17. The number of carbonyl (C=O) groups excluding carboxylic acids is 1. The van der Waals surface area contributed by atoms with Crippen molar-refractivity contribution in [3.05, 3.63) is 47.7 Å². The van der Waals surface area contributed by atoms with Gasteiger partial charge in [-0.15, -0.1) is 0 Å². The first kappa shape index (κ1) is 17.8. The third-order valence-electron chi connectivity index (χ3n) is 3.82. The molecule has 0 spiro atoms. The van der Waals surface area contributed by atoms with E-state index in [4.69, 9.17) is 4.74 Å². The molecular weight excluding hydrogens is 302 g/mol. The Morgan fingerprint density at radius 1 is 1.29 bits per heavy atom. The number of hydrogen-bond donors (Lipinski definition) is 1. The second-order valence-corrected chi connectivity index (χ2v) is 5.84. The Bertz CT molecular complexity index is 701. The highest BCUT2D eigenvalue weighted by molar-refractivity contribution is 5.94. The summed E-state index contributed by atoms with van der Waals surface area (Å²) >= 11 is 0. The van der Waals surface area contributed by atoms with Gasteiger partial charge in [0.05, 0.1) is 12.8 Å². The molecule has 2 rings (SSSR count). The highest BCUT2D eigenvalue weighted by Crippen LogP contribution is 2.28. The van der Waals surface area contributed by atoms with Crippen molar-refractivity contribution in [3.63, 3.8) is 0 Å². The van der Waals surface area contributed by atoms with Crippen LogP contribution in [0.2, 0.25) is 0 Å². The highest BCUT2D eigenvalue weighted by Gasteiger charge is 2.12. The fourth-order valence-corrected chi connectivity index (χ4v) is 2.41. The van der Waals surface area contributed by atoms with Gasteiger partial charge in [-0.2, -0.15) is 0 Å². The van der Waals surface area contributed by atoms with Gasteiger partial charge in [-0.1, -0.05) is 19.4 Å². The molecule has 5 heteroatoms. The molecule has 0 fully saturated rings. The maximum Gasteiger partial charge on any atom is 0.253 e. The van der Waals surface area contributed by atoms with Crippen LogP contribution in [-0.2, 0) is 0 Å². The van der Waals surface area contributed by atoms with Crippen LogP contribution in [-0.4, -0.2) is 36.5 Å². The van der Waals surface area contributed by atoms with E-state index in [0.717, 1.165) is 36.4 Å². The molecular formula is C19H25N3O2. The average molecular weight is 327 g/mol. The van der Waals surface area contributed by atoms with Crippen LogP contribution in [0.1, 0.15) is 35.7 Å². The molecule has 0 aliphatic carbocycles. The van der Waals surface area contributed by atoms with Crippen LogP contribution in [0, 0.1) is 6.92 Å². The normalized spacial score (nSPS) is 10.3. The van der Waals surface area contributed by atoms with Crippen LogP contribution >= 0.6 is 0 Å². The van der Waals surface area contributed by atoms with E-state index in [0.29, 0.717) is 11.4 Å². The fraction of sp³-hybridized carbons (Fsp3) is 0.368. The standard InChI is InChI=1S/C19H25N3O2/c1-5-6-11-22(3)19(23)15-9-10-20-18(13-15)21-16-12-14(2)7-8-17(16)24-4/h7-10,12-13H,5-6,11H2,1-4H3,(H,20,21). The summed E-state index contributed by atoms with van der Waals surface area (Å²) in [5.74, 6) is 1.36. The van der Waals surface area contributed by atoms with Crippen LogP contribution in [0.3, 0.4) is 0 Å². The molecule has 128 valence electrons. The molecule has 1 amide bonds. The van der Waals surface area contributed by atoms with Crippen molar-refractivity contribution >= 4 is 17.4 Å². The number of aromatic nitrogens is 1. The lowest BCUT2D eigenvalue weighted by molar-refractivity contribution is 0.0793. The minimum absolute atomic E-state index is 0.00473. The van der Waals surface area contributed by atoms with Crippen molar-refractivity contribution in [2.75, 3.05) is 26.0 Å². The van der Waals surface area contributed by atoms with E-state index < -0.39 is 0 Å². The summed E-state index contributed by atoms with van der Waals surface area (Å²) in [4.78, 5) is 18.5. The van der Waals surface area contributed by atoms with Gasteiger partial charge in [0.1, 0.15) is 11.6 Å². The molecule has 0 radical (unpaired) electrons. The summed E-state index contributed by atoms with van der Waals surface area (Å²) in [7, 11) is 3.46. The second kappa shape index (κ2) is 8.34. The van der Waals surface area contributed by atoms with E-state index in [9.17, 15) is 4.79 Å². The third kappa shape index (κ3) is 4.47. The molecule has 0 aliphatic heterocycles. The first-order valence-corrected chi connectivity index (χ1v) is 8.18. The van der Waals surface area contributed by atoms with Gasteiger partial charge in [-0.3, -0.25) is 4.79 Å². The maximum absolute atomic E-state index is 12.5. The molecule has 0 saturated heterocycles. The SMILES string of the molecule is CCCCN(C)C(=O)c1ccnc(Nc2cc(C)ccc2OC)c1. The van der Waals surface area contributed by atoms with Gasteiger partial charge in [0.25, 0.3) is 5.91 Å². The fourth-order valence-electron chi connectivity index (χ4n) is 2.41. The summed E-state index contributed by atoms with van der Waals surface area (Å²) in [5.41, 5.74) is 2.57. The molecule has 1 aromatic heterocycles. The Labute approximate surface area is 143 Å². The minimum atomic E-state index is 0.00473. The number of nitrogens with one attached hydrogen (secondary N) is 1. The predicted molar refractivity (Wildman–Crippen MR) is 97.1 cm³/mol. The molecule has 2 aromatic rings. The van der Waals surface area contributed by atoms with Crippen LogP contribution in [0.5, 0.6) is 5.75 Å². The summed E-state index contributed by atoms with van der Waals surface area (Å²) in [5, 5.41) is 3.23. The Kier molecular flexibility index (Phi) is 6.18. The van der Waals surface area contributed by atoms with Gasteiger partial charge < -0.3 is 15.0 Å². The smallest absolute Gasteiger partial charge is 0.253 e. The number of aryl methyl sites for hydroxylation is 1. The van der Waals surface area contributed by atoms with E-state index in [-0.39, 0.29) is 5.91 Å². The van der Waals surface area contributed by atoms with Gasteiger partial charge in [0.2, 0.25) is 0 Å². The Balaban J connectivity index is 2.19. The van der Waals surface area contributed by atoms with Gasteiger partial charge in [-0.25, -0.2) is 4.98 Å². The van der Waals surface area contributed by atoms with Crippen LogP contribution in [0.25, 0.3) is 0 Å². The van der Waals surface area contributed by atoms with E-state index in [1.54, 1.807) is 30.3 Å². The molecule has 0 bridgehead atoms. The summed E-state index contributed by atoms with van der Waals surface area (Å²) in [6.07, 6.45) is 3.71. The molecule has 24 heavy (non-hydrogen) atoms. The third-order valence-corrected chi connectivity index (χ3v) is 3.82. The number of nitrogens with zero attached hydrogens (tertiary/aromatic N) is 2. The van der Waals surface area contributed by atoms with Crippen LogP contribution in [0.15, 0.2) is 36.5 Å². The maximum atomic E-state index is 12.5.